The first kappa shape index (κ1) is 18.3. The molecule has 0 unspecified atom stereocenters. The largest absolute Gasteiger partial charge is 0.497 e. The number of nitrogens with zero attached hydrogens (tertiary/aromatic N) is 1. The highest BCUT2D eigenvalue weighted by molar-refractivity contribution is 5.87. The van der Waals surface area contributed by atoms with Crippen LogP contribution in [0.4, 0.5) is 0 Å². The standard InChI is InChI=1S/C24H25NO4/c1-15-22-17(12-21-19-4-3-5-20(19)24(26)29-23(15)21)13-25(14-28-22)11-10-16-6-8-18(27-2)9-7-16/h6-9,12H,3-5,10-11,13-14H2,1-2H3. The van der Waals surface area contributed by atoms with Crippen molar-refractivity contribution in [3.05, 3.63) is 68.6 Å². The van der Waals surface area contributed by atoms with Crippen LogP contribution in [0.1, 0.15) is 34.2 Å². The molecule has 150 valence electrons. The third-order valence-corrected chi connectivity index (χ3v) is 6.18. The molecule has 5 nitrogen and oxygen atoms in total. The predicted octanol–water partition coefficient (Wildman–Crippen LogP) is 3.99. The summed E-state index contributed by atoms with van der Waals surface area (Å²) in [5.74, 6) is 1.75. The summed E-state index contributed by atoms with van der Waals surface area (Å²) in [5.41, 5.74) is 5.97. The van der Waals surface area contributed by atoms with Gasteiger partial charge in [0.1, 0.15) is 23.8 Å². The van der Waals surface area contributed by atoms with Crippen LogP contribution in [-0.4, -0.2) is 25.3 Å². The summed E-state index contributed by atoms with van der Waals surface area (Å²) in [4.78, 5) is 14.7. The summed E-state index contributed by atoms with van der Waals surface area (Å²) in [5, 5.41) is 1.09. The van der Waals surface area contributed by atoms with Gasteiger partial charge in [-0.2, -0.15) is 0 Å². The normalized spacial score (nSPS) is 15.8. The summed E-state index contributed by atoms with van der Waals surface area (Å²) in [7, 11) is 1.68. The summed E-state index contributed by atoms with van der Waals surface area (Å²) < 4.78 is 17.0. The van der Waals surface area contributed by atoms with Crippen LogP contribution in [0.2, 0.25) is 0 Å². The second-order valence-electron chi connectivity index (χ2n) is 7.99. The predicted molar refractivity (Wildman–Crippen MR) is 112 cm³/mol. The molecule has 5 rings (SSSR count). The highest BCUT2D eigenvalue weighted by atomic mass is 16.5. The van der Waals surface area contributed by atoms with E-state index in [1.165, 1.54) is 16.7 Å². The van der Waals surface area contributed by atoms with E-state index >= 15 is 0 Å². The number of aryl methyl sites for hydroxylation is 2. The summed E-state index contributed by atoms with van der Waals surface area (Å²) >= 11 is 0. The number of hydrogen-bond acceptors (Lipinski definition) is 5. The van der Waals surface area contributed by atoms with Gasteiger partial charge in [0, 0.05) is 35.2 Å². The van der Waals surface area contributed by atoms with E-state index in [4.69, 9.17) is 13.9 Å². The van der Waals surface area contributed by atoms with E-state index in [1.807, 2.05) is 19.1 Å². The molecule has 0 N–H and O–H groups in total. The smallest absolute Gasteiger partial charge is 0.339 e. The molecule has 0 saturated carbocycles. The average Bonchev–Trinajstić information content (AvgIpc) is 3.25. The lowest BCUT2D eigenvalue weighted by Gasteiger charge is -2.30. The van der Waals surface area contributed by atoms with E-state index in [-0.39, 0.29) is 5.63 Å². The minimum absolute atomic E-state index is 0.176. The second-order valence-corrected chi connectivity index (χ2v) is 7.99. The molecule has 3 aromatic rings. The van der Waals surface area contributed by atoms with Crippen molar-refractivity contribution in [3.8, 4) is 11.5 Å². The molecular formula is C24H25NO4. The van der Waals surface area contributed by atoms with Gasteiger partial charge in [0.2, 0.25) is 0 Å². The second kappa shape index (κ2) is 7.23. The maximum absolute atomic E-state index is 12.3. The minimum Gasteiger partial charge on any atom is -0.497 e. The third-order valence-electron chi connectivity index (χ3n) is 6.18. The molecule has 5 heteroatoms. The van der Waals surface area contributed by atoms with Crippen molar-refractivity contribution in [2.45, 2.75) is 39.2 Å². The van der Waals surface area contributed by atoms with Crippen LogP contribution < -0.4 is 15.1 Å². The van der Waals surface area contributed by atoms with E-state index in [1.54, 1.807) is 7.11 Å². The van der Waals surface area contributed by atoms with Crippen molar-refractivity contribution in [2.75, 3.05) is 20.4 Å². The highest BCUT2D eigenvalue weighted by Gasteiger charge is 2.26. The first-order chi connectivity index (χ1) is 14.1. The van der Waals surface area contributed by atoms with Crippen molar-refractivity contribution in [1.82, 2.24) is 4.90 Å². The molecule has 0 radical (unpaired) electrons. The van der Waals surface area contributed by atoms with Gasteiger partial charge < -0.3 is 13.9 Å². The molecule has 0 bridgehead atoms. The maximum Gasteiger partial charge on any atom is 0.339 e. The molecule has 0 amide bonds. The van der Waals surface area contributed by atoms with Gasteiger partial charge in [0.05, 0.1) is 7.11 Å². The Hall–Kier alpha value is -2.79. The topological polar surface area (TPSA) is 51.9 Å². The number of ether oxygens (including phenoxy) is 2. The summed E-state index contributed by atoms with van der Waals surface area (Å²) in [6, 6.07) is 10.4. The van der Waals surface area contributed by atoms with E-state index in [9.17, 15) is 4.79 Å². The summed E-state index contributed by atoms with van der Waals surface area (Å²) in [6.07, 6.45) is 3.77. The van der Waals surface area contributed by atoms with Gasteiger partial charge >= 0.3 is 5.63 Å². The van der Waals surface area contributed by atoms with E-state index in [2.05, 4.69) is 23.1 Å². The van der Waals surface area contributed by atoms with Crippen LogP contribution in [0, 0.1) is 6.92 Å². The molecule has 0 saturated heterocycles. The van der Waals surface area contributed by atoms with Gasteiger partial charge in [-0.25, -0.2) is 4.79 Å². The Morgan fingerprint density at radius 3 is 2.72 bits per heavy atom. The molecule has 2 aliphatic rings. The quantitative estimate of drug-likeness (QED) is 0.630. The highest BCUT2D eigenvalue weighted by Crippen LogP contribution is 2.38. The van der Waals surface area contributed by atoms with Crippen LogP contribution in [0.5, 0.6) is 11.5 Å². The zero-order chi connectivity index (χ0) is 20.0. The third kappa shape index (κ3) is 3.19. The minimum atomic E-state index is -0.176. The van der Waals surface area contributed by atoms with E-state index in [0.717, 1.165) is 66.8 Å². The maximum atomic E-state index is 12.3. The number of benzene rings is 2. The first-order valence-corrected chi connectivity index (χ1v) is 10.2. The lowest BCUT2D eigenvalue weighted by Crippen LogP contribution is -2.34. The lowest BCUT2D eigenvalue weighted by atomic mass is 9.99. The molecule has 0 fully saturated rings. The van der Waals surface area contributed by atoms with Gasteiger partial charge in [-0.15, -0.1) is 0 Å². The fourth-order valence-corrected chi connectivity index (χ4v) is 4.61. The van der Waals surface area contributed by atoms with Crippen LogP contribution >= 0.6 is 0 Å². The van der Waals surface area contributed by atoms with Crippen molar-refractivity contribution in [2.24, 2.45) is 0 Å². The lowest BCUT2D eigenvalue weighted by molar-refractivity contribution is 0.0959. The Morgan fingerprint density at radius 1 is 1.14 bits per heavy atom. The van der Waals surface area contributed by atoms with Crippen molar-refractivity contribution >= 4 is 11.0 Å². The van der Waals surface area contributed by atoms with Crippen molar-refractivity contribution in [1.29, 1.82) is 0 Å². The Bertz CT molecular complexity index is 1130. The fourth-order valence-electron chi connectivity index (χ4n) is 4.61. The Balaban J connectivity index is 1.41. The number of methoxy groups -OCH3 is 1. The Labute approximate surface area is 169 Å². The van der Waals surface area contributed by atoms with Crippen LogP contribution in [0.3, 0.4) is 0 Å². The van der Waals surface area contributed by atoms with Crippen molar-refractivity contribution < 1.29 is 13.9 Å². The molecule has 2 aromatic carbocycles. The van der Waals surface area contributed by atoms with Crippen LogP contribution in [-0.2, 0) is 25.8 Å². The molecule has 0 atom stereocenters. The number of fused-ring (bicyclic) bond motifs is 4. The van der Waals surface area contributed by atoms with Gasteiger partial charge in [-0.3, -0.25) is 4.90 Å². The molecule has 0 spiro atoms. The Kier molecular flexibility index (Phi) is 4.55. The zero-order valence-corrected chi connectivity index (χ0v) is 16.9. The van der Waals surface area contributed by atoms with Gasteiger partial charge in [0.15, 0.2) is 0 Å². The van der Waals surface area contributed by atoms with Gasteiger partial charge in [-0.05, 0) is 61.9 Å². The molecule has 1 aromatic heterocycles. The van der Waals surface area contributed by atoms with E-state index < -0.39 is 0 Å². The Morgan fingerprint density at radius 2 is 1.93 bits per heavy atom. The number of rotatable bonds is 4. The van der Waals surface area contributed by atoms with Gasteiger partial charge in [0.25, 0.3) is 0 Å². The summed E-state index contributed by atoms with van der Waals surface area (Å²) in [6.45, 7) is 4.31. The zero-order valence-electron chi connectivity index (χ0n) is 16.9. The average molecular weight is 391 g/mol. The van der Waals surface area contributed by atoms with E-state index in [0.29, 0.717) is 12.3 Å². The molecule has 29 heavy (non-hydrogen) atoms. The first-order valence-electron chi connectivity index (χ1n) is 10.2. The van der Waals surface area contributed by atoms with Crippen LogP contribution in [0.15, 0.2) is 39.5 Å². The SMILES string of the molecule is COc1ccc(CCN2COc3c(cc4c5c(c(=O)oc4c3C)CCC5)C2)cc1. The van der Waals surface area contributed by atoms with Crippen LogP contribution in [0.25, 0.3) is 11.0 Å². The molecule has 1 aliphatic heterocycles. The number of hydrogen-bond donors (Lipinski definition) is 0. The monoisotopic (exact) mass is 391 g/mol. The van der Waals surface area contributed by atoms with Gasteiger partial charge in [-0.1, -0.05) is 12.1 Å². The molecule has 2 heterocycles. The van der Waals surface area contributed by atoms with Crippen molar-refractivity contribution in [3.63, 3.8) is 0 Å². The molecular weight excluding hydrogens is 366 g/mol. The molecule has 1 aliphatic carbocycles. The fraction of sp³-hybridized carbons (Fsp3) is 0.375.